The van der Waals surface area contributed by atoms with Crippen LogP contribution in [0.4, 0.5) is 9.18 Å². The van der Waals surface area contributed by atoms with E-state index in [0.29, 0.717) is 12.0 Å². The molecule has 1 aliphatic heterocycles. The summed E-state index contributed by atoms with van der Waals surface area (Å²) >= 11 is 0. The summed E-state index contributed by atoms with van der Waals surface area (Å²) < 4.78 is 13.6. The Kier molecular flexibility index (Phi) is 9.55. The van der Waals surface area contributed by atoms with Crippen molar-refractivity contribution in [3.05, 3.63) is 82.8 Å². The van der Waals surface area contributed by atoms with E-state index >= 15 is 0 Å². The van der Waals surface area contributed by atoms with Gasteiger partial charge in [-0.05, 0) is 47.7 Å². The molecular weight excluding hydrogens is 452 g/mol. The topological polar surface area (TPSA) is 116 Å². The van der Waals surface area contributed by atoms with Gasteiger partial charge >= 0.3 is 41.6 Å². The van der Waals surface area contributed by atoms with Crippen molar-refractivity contribution in [2.75, 3.05) is 7.05 Å². The quantitative estimate of drug-likeness (QED) is 0.416. The molecule has 0 saturated carbocycles. The number of ketones is 1. The van der Waals surface area contributed by atoms with Crippen molar-refractivity contribution in [2.24, 2.45) is 0 Å². The number of likely N-dealkylation sites (N-methyl/N-ethyl adjacent to an activating group) is 1. The van der Waals surface area contributed by atoms with Crippen LogP contribution in [0.5, 0.6) is 0 Å². The van der Waals surface area contributed by atoms with Gasteiger partial charge in [-0.25, -0.2) is 9.18 Å². The molecule has 0 radical (unpaired) electrons. The van der Waals surface area contributed by atoms with Gasteiger partial charge in [0.25, 0.3) is 5.91 Å². The number of nitrogens with one attached hydrogen (secondary N) is 2. The van der Waals surface area contributed by atoms with Crippen molar-refractivity contribution >= 4 is 53.2 Å². The number of aliphatic carboxylic acids is 1. The molecule has 8 nitrogen and oxygen atoms in total. The molecule has 1 aliphatic rings. The number of carbonyl (C=O) groups excluding carboxylic acids is 3. The Balaban J connectivity index is 0.00000408. The van der Waals surface area contributed by atoms with Gasteiger partial charge in [-0.1, -0.05) is 30.3 Å². The third-order valence-corrected chi connectivity index (χ3v) is 5.36. The molecule has 10 heteroatoms. The van der Waals surface area contributed by atoms with E-state index in [1.807, 2.05) is 13.0 Å². The first kappa shape index (κ1) is 27.2. The van der Waals surface area contributed by atoms with Gasteiger partial charge in [-0.3, -0.25) is 14.4 Å². The van der Waals surface area contributed by atoms with Gasteiger partial charge in [0.05, 0.1) is 12.5 Å². The molecule has 0 bridgehead atoms. The molecular formula is C24H25FN3NaO5. The zero-order chi connectivity index (χ0) is 24.1. The van der Waals surface area contributed by atoms with Crippen LogP contribution in [0.25, 0.3) is 0 Å². The van der Waals surface area contributed by atoms with Crippen molar-refractivity contribution in [2.45, 2.75) is 31.8 Å². The molecule has 174 valence electrons. The Hall–Kier alpha value is -3.01. The fourth-order valence-electron chi connectivity index (χ4n) is 3.54. The fourth-order valence-corrected chi connectivity index (χ4v) is 3.54. The number of amides is 3. The van der Waals surface area contributed by atoms with Crippen molar-refractivity contribution < 1.29 is 28.7 Å². The Morgan fingerprint density at radius 1 is 1.18 bits per heavy atom. The SMILES string of the molecule is Cc1ccc(F)cc1Cc1cccc(C(CC(=O)O)NC(=O)NC2C(=O)C=CN(C)C2=O)c1.[NaH]. The van der Waals surface area contributed by atoms with E-state index in [9.17, 15) is 28.7 Å². The minimum absolute atomic E-state index is 0. The monoisotopic (exact) mass is 477 g/mol. The van der Waals surface area contributed by atoms with E-state index < -0.39 is 42.2 Å². The van der Waals surface area contributed by atoms with Crippen LogP contribution in [-0.2, 0) is 20.8 Å². The summed E-state index contributed by atoms with van der Waals surface area (Å²) in [6, 6.07) is 8.34. The van der Waals surface area contributed by atoms with Gasteiger partial charge in [-0.2, -0.15) is 0 Å². The number of halogens is 1. The van der Waals surface area contributed by atoms with Crippen molar-refractivity contribution in [1.82, 2.24) is 15.5 Å². The predicted octanol–water partition coefficient (Wildman–Crippen LogP) is 1.81. The maximum absolute atomic E-state index is 13.6. The molecule has 0 aromatic heterocycles. The van der Waals surface area contributed by atoms with Gasteiger partial charge < -0.3 is 20.6 Å². The zero-order valence-electron chi connectivity index (χ0n) is 18.2. The average Bonchev–Trinajstić information content (AvgIpc) is 2.76. The van der Waals surface area contributed by atoms with E-state index in [4.69, 9.17) is 0 Å². The Bertz CT molecular complexity index is 1140. The number of nitrogens with zero attached hydrogens (tertiary/aromatic N) is 1. The predicted molar refractivity (Wildman–Crippen MR) is 125 cm³/mol. The molecule has 0 saturated heterocycles. The summed E-state index contributed by atoms with van der Waals surface area (Å²) in [5.41, 5.74) is 3.04. The average molecular weight is 477 g/mol. The third-order valence-electron chi connectivity index (χ3n) is 5.36. The first-order chi connectivity index (χ1) is 15.6. The van der Waals surface area contributed by atoms with Crippen molar-refractivity contribution in [3.8, 4) is 0 Å². The van der Waals surface area contributed by atoms with Crippen molar-refractivity contribution in [1.29, 1.82) is 0 Å². The van der Waals surface area contributed by atoms with Crippen LogP contribution >= 0.6 is 0 Å². The second kappa shape index (κ2) is 11.9. The molecule has 3 N–H and O–H groups in total. The van der Waals surface area contributed by atoms with Crippen LogP contribution in [0.1, 0.15) is 34.7 Å². The normalized spacial score (nSPS) is 16.0. The molecule has 2 aromatic rings. The van der Waals surface area contributed by atoms with Crippen LogP contribution in [0.2, 0.25) is 0 Å². The number of carboxylic acid groups (broad SMARTS) is 1. The Morgan fingerprint density at radius 3 is 2.62 bits per heavy atom. The number of carboxylic acids is 1. The zero-order valence-corrected chi connectivity index (χ0v) is 18.2. The standard InChI is InChI=1S/C24H24FN3O5.Na.H/c1-14-6-7-18(25)12-17(14)11-15-4-3-5-16(10-15)19(13-21(30)31)26-24(33)27-22-20(29)8-9-28(2)23(22)32;;/h3-10,12,19,22H,11,13H2,1-2H3,(H,30,31)(H2,26,27,33);;. The maximum atomic E-state index is 13.6. The van der Waals surface area contributed by atoms with E-state index in [-0.39, 0.29) is 35.4 Å². The number of hydrogen-bond donors (Lipinski definition) is 3. The van der Waals surface area contributed by atoms with E-state index in [1.165, 1.54) is 36.4 Å². The summed E-state index contributed by atoms with van der Waals surface area (Å²) in [6.07, 6.45) is 2.49. The number of rotatable bonds is 7. The second-order valence-electron chi connectivity index (χ2n) is 7.86. The van der Waals surface area contributed by atoms with Crippen LogP contribution < -0.4 is 10.6 Å². The Morgan fingerprint density at radius 2 is 1.91 bits per heavy atom. The molecule has 0 aliphatic carbocycles. The Labute approximate surface area is 218 Å². The van der Waals surface area contributed by atoms with Gasteiger partial charge in [0, 0.05) is 19.3 Å². The fraction of sp³-hybridized carbons (Fsp3) is 0.250. The van der Waals surface area contributed by atoms with E-state index in [1.54, 1.807) is 24.3 Å². The van der Waals surface area contributed by atoms with E-state index in [2.05, 4.69) is 10.6 Å². The molecule has 0 fully saturated rings. The van der Waals surface area contributed by atoms with Crippen LogP contribution in [0.3, 0.4) is 0 Å². The molecule has 2 atom stereocenters. The van der Waals surface area contributed by atoms with Gasteiger partial charge in [0.2, 0.25) is 0 Å². The number of benzene rings is 2. The van der Waals surface area contributed by atoms with Crippen molar-refractivity contribution in [3.63, 3.8) is 0 Å². The van der Waals surface area contributed by atoms with Gasteiger partial charge in [-0.15, -0.1) is 0 Å². The molecule has 0 spiro atoms. The number of hydrogen-bond acceptors (Lipinski definition) is 4. The van der Waals surface area contributed by atoms with E-state index in [0.717, 1.165) is 16.7 Å². The first-order valence-electron chi connectivity index (χ1n) is 10.3. The molecule has 2 unspecified atom stereocenters. The molecule has 2 aromatic carbocycles. The van der Waals surface area contributed by atoms with Crippen LogP contribution in [0, 0.1) is 12.7 Å². The van der Waals surface area contributed by atoms with Gasteiger partial charge in [0.15, 0.2) is 11.8 Å². The number of aryl methyl sites for hydroxylation is 1. The second-order valence-corrected chi connectivity index (χ2v) is 7.86. The minimum atomic E-state index is -1.38. The third kappa shape index (κ3) is 6.99. The molecule has 3 amide bonds. The summed E-state index contributed by atoms with van der Waals surface area (Å²) in [5, 5.41) is 14.2. The number of urea groups is 1. The molecule has 34 heavy (non-hydrogen) atoms. The number of carbonyl (C=O) groups is 4. The van der Waals surface area contributed by atoms with Gasteiger partial charge in [0.1, 0.15) is 5.82 Å². The summed E-state index contributed by atoms with van der Waals surface area (Å²) in [5.74, 6) is -2.66. The molecule has 1 heterocycles. The van der Waals surface area contributed by atoms with Crippen LogP contribution in [-0.4, -0.2) is 76.3 Å². The summed E-state index contributed by atoms with van der Waals surface area (Å²) in [6.45, 7) is 1.87. The van der Waals surface area contributed by atoms with Crippen LogP contribution in [0.15, 0.2) is 54.7 Å². The summed E-state index contributed by atoms with van der Waals surface area (Å²) in [4.78, 5) is 49.3. The molecule has 3 rings (SSSR count). The first-order valence-corrected chi connectivity index (χ1v) is 10.3. The summed E-state index contributed by atoms with van der Waals surface area (Å²) in [7, 11) is 1.46.